The molecule has 0 saturated heterocycles. The van der Waals surface area contributed by atoms with E-state index in [1.165, 1.54) is 11.3 Å². The number of nitrogens with one attached hydrogen (secondary N) is 1. The summed E-state index contributed by atoms with van der Waals surface area (Å²) in [5, 5.41) is 11.4. The smallest absolute Gasteiger partial charge is 0.328 e. The van der Waals surface area contributed by atoms with Gasteiger partial charge in [0.15, 0.2) is 0 Å². The maximum absolute atomic E-state index is 11.4. The predicted molar refractivity (Wildman–Crippen MR) is 65.6 cm³/mol. The second-order valence-electron chi connectivity index (χ2n) is 3.97. The number of carboxylic acid groups (broad SMARTS) is 1. The standard InChI is InChI=1S/C12H13NO3S/c14-11(15)6-5-9-3-4-10(17-9)7-13-12(16)8-1-2-8/h3-6,8H,1-2,7H2,(H,13,16)(H,14,15). The van der Waals surface area contributed by atoms with Gasteiger partial charge < -0.3 is 10.4 Å². The van der Waals surface area contributed by atoms with Gasteiger partial charge in [-0.2, -0.15) is 0 Å². The summed E-state index contributed by atoms with van der Waals surface area (Å²) in [5.74, 6) is -0.607. The van der Waals surface area contributed by atoms with Crippen molar-refractivity contribution in [2.45, 2.75) is 19.4 Å². The zero-order valence-electron chi connectivity index (χ0n) is 9.18. The Labute approximate surface area is 103 Å². The van der Waals surface area contributed by atoms with Crippen LogP contribution in [0.3, 0.4) is 0 Å². The Morgan fingerprint density at radius 3 is 2.88 bits per heavy atom. The van der Waals surface area contributed by atoms with E-state index in [2.05, 4.69) is 5.32 Å². The molecule has 2 N–H and O–H groups in total. The topological polar surface area (TPSA) is 66.4 Å². The summed E-state index contributed by atoms with van der Waals surface area (Å²) in [6, 6.07) is 3.75. The molecule has 4 nitrogen and oxygen atoms in total. The first-order chi connectivity index (χ1) is 8.15. The number of thiophene rings is 1. The van der Waals surface area contributed by atoms with Crippen LogP contribution < -0.4 is 5.32 Å². The number of hydrogen-bond donors (Lipinski definition) is 2. The molecule has 0 radical (unpaired) electrons. The van der Waals surface area contributed by atoms with Crippen LogP contribution in [0.4, 0.5) is 0 Å². The summed E-state index contributed by atoms with van der Waals surface area (Å²) < 4.78 is 0. The second kappa shape index (κ2) is 5.14. The Morgan fingerprint density at radius 1 is 1.47 bits per heavy atom. The normalized spacial score (nSPS) is 15.1. The number of carboxylic acids is 1. The maximum Gasteiger partial charge on any atom is 0.328 e. The summed E-state index contributed by atoms with van der Waals surface area (Å²) in [6.45, 7) is 0.529. The summed E-state index contributed by atoms with van der Waals surface area (Å²) in [6.07, 6.45) is 4.67. The van der Waals surface area contributed by atoms with Gasteiger partial charge in [0, 0.05) is 21.7 Å². The average Bonchev–Trinajstić information content (AvgIpc) is 3.04. The minimum atomic E-state index is -0.956. The van der Waals surface area contributed by atoms with Crippen LogP contribution >= 0.6 is 11.3 Å². The van der Waals surface area contributed by atoms with Crippen molar-refractivity contribution in [2.75, 3.05) is 0 Å². The zero-order valence-corrected chi connectivity index (χ0v) is 10.00. The Balaban J connectivity index is 1.85. The van der Waals surface area contributed by atoms with E-state index in [-0.39, 0.29) is 11.8 Å². The van der Waals surface area contributed by atoms with Crippen LogP contribution in [0.25, 0.3) is 6.08 Å². The Morgan fingerprint density at radius 2 is 2.24 bits per heavy atom. The Hall–Kier alpha value is -1.62. The molecular formula is C12H13NO3S. The fourth-order valence-electron chi connectivity index (χ4n) is 1.40. The SMILES string of the molecule is O=C(O)C=Cc1ccc(CNC(=O)C2CC2)s1. The van der Waals surface area contributed by atoms with Crippen molar-refractivity contribution >= 4 is 29.3 Å². The molecular weight excluding hydrogens is 238 g/mol. The molecule has 0 aromatic carbocycles. The monoisotopic (exact) mass is 251 g/mol. The molecule has 0 unspecified atom stereocenters. The van der Waals surface area contributed by atoms with Crippen LogP contribution in [0, 0.1) is 5.92 Å². The lowest BCUT2D eigenvalue weighted by Crippen LogP contribution is -2.23. The van der Waals surface area contributed by atoms with Gasteiger partial charge in [-0.25, -0.2) is 4.79 Å². The first kappa shape index (κ1) is 11.9. The number of hydrogen-bond acceptors (Lipinski definition) is 3. The van der Waals surface area contributed by atoms with E-state index in [4.69, 9.17) is 5.11 Å². The predicted octanol–water partition coefficient (Wildman–Crippen LogP) is 1.87. The quantitative estimate of drug-likeness (QED) is 0.785. The van der Waals surface area contributed by atoms with Crippen molar-refractivity contribution in [3.63, 3.8) is 0 Å². The van der Waals surface area contributed by atoms with Gasteiger partial charge in [0.25, 0.3) is 0 Å². The van der Waals surface area contributed by atoms with E-state index in [1.807, 2.05) is 12.1 Å². The third kappa shape index (κ3) is 3.71. The van der Waals surface area contributed by atoms with Gasteiger partial charge in [0.1, 0.15) is 0 Å². The first-order valence-electron chi connectivity index (χ1n) is 5.42. The fraction of sp³-hybridized carbons (Fsp3) is 0.333. The van der Waals surface area contributed by atoms with E-state index in [0.29, 0.717) is 6.54 Å². The van der Waals surface area contributed by atoms with Crippen LogP contribution in [0.2, 0.25) is 0 Å². The summed E-state index contributed by atoms with van der Waals surface area (Å²) in [7, 11) is 0. The summed E-state index contributed by atoms with van der Waals surface area (Å²) >= 11 is 1.48. The summed E-state index contributed by atoms with van der Waals surface area (Å²) in [4.78, 5) is 23.6. The van der Waals surface area contributed by atoms with Crippen molar-refractivity contribution in [3.8, 4) is 0 Å². The van der Waals surface area contributed by atoms with E-state index in [9.17, 15) is 9.59 Å². The molecule has 0 aliphatic heterocycles. The molecule has 5 heteroatoms. The van der Waals surface area contributed by atoms with Gasteiger partial charge in [-0.05, 0) is 31.1 Å². The lowest BCUT2D eigenvalue weighted by molar-refractivity contribution is -0.131. The molecule has 0 spiro atoms. The number of carbonyl (C=O) groups excluding carboxylic acids is 1. The van der Waals surface area contributed by atoms with Gasteiger partial charge in [-0.15, -0.1) is 11.3 Å². The largest absolute Gasteiger partial charge is 0.478 e. The van der Waals surface area contributed by atoms with Gasteiger partial charge in [-0.1, -0.05) is 0 Å². The Bertz CT molecular complexity index is 460. The van der Waals surface area contributed by atoms with Crippen LogP contribution in [-0.2, 0) is 16.1 Å². The Kier molecular flexibility index (Phi) is 3.58. The zero-order chi connectivity index (χ0) is 12.3. The molecule has 2 rings (SSSR count). The van der Waals surface area contributed by atoms with Crippen LogP contribution in [0.15, 0.2) is 18.2 Å². The molecule has 90 valence electrons. The van der Waals surface area contributed by atoms with Crippen molar-refractivity contribution < 1.29 is 14.7 Å². The minimum Gasteiger partial charge on any atom is -0.478 e. The highest BCUT2D eigenvalue weighted by Gasteiger charge is 2.29. The van der Waals surface area contributed by atoms with Gasteiger partial charge >= 0.3 is 5.97 Å². The highest BCUT2D eigenvalue weighted by atomic mass is 32.1. The first-order valence-corrected chi connectivity index (χ1v) is 6.24. The van der Waals surface area contributed by atoms with Gasteiger partial charge in [0.2, 0.25) is 5.91 Å². The molecule has 1 heterocycles. The van der Waals surface area contributed by atoms with Gasteiger partial charge in [0.05, 0.1) is 6.54 Å². The molecule has 1 amide bonds. The molecule has 1 aliphatic rings. The molecule has 0 bridgehead atoms. The second-order valence-corrected chi connectivity index (χ2v) is 5.17. The highest BCUT2D eigenvalue weighted by Crippen LogP contribution is 2.29. The van der Waals surface area contributed by atoms with Gasteiger partial charge in [-0.3, -0.25) is 4.79 Å². The molecule has 17 heavy (non-hydrogen) atoms. The number of rotatable bonds is 5. The van der Waals surface area contributed by atoms with E-state index in [1.54, 1.807) is 6.08 Å². The van der Waals surface area contributed by atoms with Crippen LogP contribution in [-0.4, -0.2) is 17.0 Å². The third-order valence-corrected chi connectivity index (χ3v) is 3.51. The highest BCUT2D eigenvalue weighted by molar-refractivity contribution is 7.12. The fourth-order valence-corrected chi connectivity index (χ4v) is 2.25. The van der Waals surface area contributed by atoms with E-state index >= 15 is 0 Å². The number of carbonyl (C=O) groups is 2. The van der Waals surface area contributed by atoms with Crippen LogP contribution in [0.5, 0.6) is 0 Å². The van der Waals surface area contributed by atoms with Crippen molar-refractivity contribution in [3.05, 3.63) is 28.0 Å². The van der Waals surface area contributed by atoms with Crippen molar-refractivity contribution in [1.29, 1.82) is 0 Å². The minimum absolute atomic E-state index is 0.126. The maximum atomic E-state index is 11.4. The lowest BCUT2D eigenvalue weighted by atomic mass is 10.3. The van der Waals surface area contributed by atoms with Crippen molar-refractivity contribution in [2.24, 2.45) is 5.92 Å². The average molecular weight is 251 g/mol. The molecule has 1 fully saturated rings. The molecule has 1 saturated carbocycles. The van der Waals surface area contributed by atoms with Crippen molar-refractivity contribution in [1.82, 2.24) is 5.32 Å². The molecule has 1 aliphatic carbocycles. The lowest BCUT2D eigenvalue weighted by Gasteiger charge is -2.00. The van der Waals surface area contributed by atoms with Crippen LogP contribution in [0.1, 0.15) is 22.6 Å². The number of aliphatic carboxylic acids is 1. The number of amides is 1. The summed E-state index contributed by atoms with van der Waals surface area (Å²) in [5.41, 5.74) is 0. The van der Waals surface area contributed by atoms with E-state index in [0.717, 1.165) is 28.7 Å². The molecule has 1 aromatic rings. The molecule has 1 aromatic heterocycles. The molecule has 0 atom stereocenters. The van der Waals surface area contributed by atoms with E-state index < -0.39 is 5.97 Å². The third-order valence-electron chi connectivity index (χ3n) is 2.46.